The molecule has 6 nitrogen and oxygen atoms in total. The van der Waals surface area contributed by atoms with Crippen LogP contribution in [0.5, 0.6) is 0 Å². The molecule has 7 heteroatoms. The first-order valence-corrected chi connectivity index (χ1v) is 8.56. The summed E-state index contributed by atoms with van der Waals surface area (Å²) in [4.78, 5) is 33.2. The van der Waals surface area contributed by atoms with E-state index in [2.05, 4.69) is 15.3 Å². The number of halogens is 1. The van der Waals surface area contributed by atoms with Crippen LogP contribution in [0, 0.1) is 0 Å². The smallest absolute Gasteiger partial charge is 0.258 e. The Morgan fingerprint density at radius 2 is 2.00 bits per heavy atom. The van der Waals surface area contributed by atoms with Gasteiger partial charge in [0.05, 0.1) is 21.6 Å². The minimum Gasteiger partial charge on any atom is -0.376 e. The summed E-state index contributed by atoms with van der Waals surface area (Å²) < 4.78 is 0. The van der Waals surface area contributed by atoms with Crippen LogP contribution >= 0.6 is 11.6 Å². The standard InChI is InChI=1S/C19H19ClN4O2/c1-24(2)16-8-7-12(11-14(16)20)21-18(25)10-9-17-22-15-6-4-3-5-13(15)19(26)23-17/h3-8,11H,9-10H2,1-2H3,(H,21,25)(H,22,23,26). The normalized spacial score (nSPS) is 10.7. The molecule has 0 saturated carbocycles. The summed E-state index contributed by atoms with van der Waals surface area (Å²) in [6.45, 7) is 0. The molecule has 0 radical (unpaired) electrons. The number of aromatic nitrogens is 2. The number of para-hydroxylation sites is 1. The molecule has 1 aromatic heterocycles. The Labute approximate surface area is 155 Å². The third kappa shape index (κ3) is 4.03. The van der Waals surface area contributed by atoms with Gasteiger partial charge in [0.1, 0.15) is 5.82 Å². The van der Waals surface area contributed by atoms with Gasteiger partial charge < -0.3 is 15.2 Å². The van der Waals surface area contributed by atoms with Gasteiger partial charge in [-0.05, 0) is 30.3 Å². The Morgan fingerprint density at radius 1 is 1.23 bits per heavy atom. The molecule has 0 aliphatic heterocycles. The maximum Gasteiger partial charge on any atom is 0.258 e. The molecule has 0 bridgehead atoms. The van der Waals surface area contributed by atoms with E-state index in [4.69, 9.17) is 11.6 Å². The lowest BCUT2D eigenvalue weighted by Gasteiger charge is -2.15. The number of fused-ring (bicyclic) bond motifs is 1. The second-order valence-corrected chi connectivity index (χ2v) is 6.55. The lowest BCUT2D eigenvalue weighted by atomic mass is 10.2. The number of nitrogens with zero attached hydrogens (tertiary/aromatic N) is 2. The predicted molar refractivity (Wildman–Crippen MR) is 105 cm³/mol. The van der Waals surface area contributed by atoms with Crippen LogP contribution in [0.3, 0.4) is 0 Å². The van der Waals surface area contributed by atoms with E-state index in [-0.39, 0.29) is 17.9 Å². The number of anilines is 2. The van der Waals surface area contributed by atoms with Crippen molar-refractivity contribution in [1.29, 1.82) is 0 Å². The molecule has 2 N–H and O–H groups in total. The van der Waals surface area contributed by atoms with Gasteiger partial charge in [-0.2, -0.15) is 0 Å². The van der Waals surface area contributed by atoms with Crippen LogP contribution in [-0.4, -0.2) is 30.0 Å². The van der Waals surface area contributed by atoms with E-state index in [9.17, 15) is 9.59 Å². The van der Waals surface area contributed by atoms with Gasteiger partial charge in [-0.1, -0.05) is 23.7 Å². The van der Waals surface area contributed by atoms with Crippen molar-refractivity contribution in [3.8, 4) is 0 Å². The zero-order valence-electron chi connectivity index (χ0n) is 14.5. The van der Waals surface area contributed by atoms with E-state index in [1.54, 1.807) is 30.3 Å². The Bertz CT molecular complexity index is 1010. The summed E-state index contributed by atoms with van der Waals surface area (Å²) >= 11 is 6.21. The quantitative estimate of drug-likeness (QED) is 0.722. The lowest BCUT2D eigenvalue weighted by Crippen LogP contribution is -2.16. The molecule has 1 amide bonds. The van der Waals surface area contributed by atoms with Crippen molar-refractivity contribution in [1.82, 2.24) is 9.97 Å². The van der Waals surface area contributed by atoms with Crippen LogP contribution in [0.2, 0.25) is 5.02 Å². The minimum absolute atomic E-state index is 0.172. The molecular formula is C19H19ClN4O2. The summed E-state index contributed by atoms with van der Waals surface area (Å²) in [5.74, 6) is 0.319. The monoisotopic (exact) mass is 370 g/mol. The van der Waals surface area contributed by atoms with Gasteiger partial charge >= 0.3 is 0 Å². The van der Waals surface area contributed by atoms with Gasteiger partial charge in [0.25, 0.3) is 5.56 Å². The summed E-state index contributed by atoms with van der Waals surface area (Å²) in [6, 6.07) is 12.5. The topological polar surface area (TPSA) is 78.1 Å². The highest BCUT2D eigenvalue weighted by Crippen LogP contribution is 2.27. The van der Waals surface area contributed by atoms with E-state index in [0.29, 0.717) is 33.9 Å². The minimum atomic E-state index is -0.197. The summed E-state index contributed by atoms with van der Waals surface area (Å²) in [5, 5.41) is 3.91. The first kappa shape index (κ1) is 17.9. The third-order valence-electron chi connectivity index (χ3n) is 3.96. The first-order valence-electron chi connectivity index (χ1n) is 8.18. The number of aromatic amines is 1. The highest BCUT2D eigenvalue weighted by atomic mass is 35.5. The molecule has 26 heavy (non-hydrogen) atoms. The van der Waals surface area contributed by atoms with Crippen LogP contribution in [-0.2, 0) is 11.2 Å². The fourth-order valence-corrected chi connectivity index (χ4v) is 3.01. The number of aryl methyl sites for hydroxylation is 1. The molecule has 0 aliphatic rings. The number of amides is 1. The molecule has 0 spiro atoms. The van der Waals surface area contributed by atoms with Gasteiger partial charge in [0.2, 0.25) is 5.91 Å². The van der Waals surface area contributed by atoms with E-state index < -0.39 is 0 Å². The third-order valence-corrected chi connectivity index (χ3v) is 4.27. The largest absolute Gasteiger partial charge is 0.376 e. The van der Waals surface area contributed by atoms with Crippen molar-refractivity contribution in [3.05, 3.63) is 63.7 Å². The SMILES string of the molecule is CN(C)c1ccc(NC(=O)CCc2nc3ccccc3c(=O)[nH]2)cc1Cl. The number of benzene rings is 2. The molecule has 1 heterocycles. The number of hydrogen-bond acceptors (Lipinski definition) is 4. The average molecular weight is 371 g/mol. The first-order chi connectivity index (χ1) is 12.4. The second-order valence-electron chi connectivity index (χ2n) is 6.14. The van der Waals surface area contributed by atoms with Crippen LogP contribution in [0.4, 0.5) is 11.4 Å². The second kappa shape index (κ2) is 7.58. The molecular weight excluding hydrogens is 352 g/mol. The fraction of sp³-hybridized carbons (Fsp3) is 0.211. The molecule has 2 aromatic carbocycles. The van der Waals surface area contributed by atoms with Crippen molar-refractivity contribution in [3.63, 3.8) is 0 Å². The summed E-state index contributed by atoms with van der Waals surface area (Å²) in [5.41, 5.74) is 1.93. The molecule has 0 fully saturated rings. The van der Waals surface area contributed by atoms with Gasteiger partial charge in [-0.15, -0.1) is 0 Å². The molecule has 0 unspecified atom stereocenters. The van der Waals surface area contributed by atoms with Gasteiger partial charge in [0, 0.05) is 32.6 Å². The molecule has 134 valence electrons. The Kier molecular flexibility index (Phi) is 5.23. The fourth-order valence-electron chi connectivity index (χ4n) is 2.66. The number of hydrogen-bond donors (Lipinski definition) is 2. The van der Waals surface area contributed by atoms with E-state index in [1.807, 2.05) is 31.1 Å². The van der Waals surface area contributed by atoms with Crippen molar-refractivity contribution in [2.75, 3.05) is 24.3 Å². The van der Waals surface area contributed by atoms with Crippen LogP contribution in [0.25, 0.3) is 10.9 Å². The maximum atomic E-state index is 12.2. The van der Waals surface area contributed by atoms with Crippen LogP contribution < -0.4 is 15.8 Å². The zero-order chi connectivity index (χ0) is 18.7. The highest BCUT2D eigenvalue weighted by Gasteiger charge is 2.09. The Hall–Kier alpha value is -2.86. The number of rotatable bonds is 5. The molecule has 3 aromatic rings. The van der Waals surface area contributed by atoms with Crippen molar-refractivity contribution in [2.24, 2.45) is 0 Å². The average Bonchev–Trinajstić information content (AvgIpc) is 2.60. The van der Waals surface area contributed by atoms with Crippen LogP contribution in [0.15, 0.2) is 47.3 Å². The molecule has 0 aliphatic carbocycles. The number of carbonyl (C=O) groups excluding carboxylic acids is 1. The van der Waals surface area contributed by atoms with Gasteiger partial charge in [-0.25, -0.2) is 4.98 Å². The predicted octanol–water partition coefficient (Wildman–Crippen LogP) is 3.21. The van der Waals surface area contributed by atoms with Crippen molar-refractivity contribution >= 4 is 39.8 Å². The van der Waals surface area contributed by atoms with Crippen LogP contribution in [0.1, 0.15) is 12.2 Å². The van der Waals surface area contributed by atoms with Crippen molar-refractivity contribution < 1.29 is 4.79 Å². The van der Waals surface area contributed by atoms with E-state index in [1.165, 1.54) is 0 Å². The number of H-pyrrole nitrogens is 1. The lowest BCUT2D eigenvalue weighted by molar-refractivity contribution is -0.116. The van der Waals surface area contributed by atoms with Crippen molar-refractivity contribution in [2.45, 2.75) is 12.8 Å². The highest BCUT2D eigenvalue weighted by molar-refractivity contribution is 6.33. The number of nitrogens with one attached hydrogen (secondary N) is 2. The summed E-state index contributed by atoms with van der Waals surface area (Å²) in [6.07, 6.45) is 0.545. The Morgan fingerprint density at radius 3 is 2.73 bits per heavy atom. The molecule has 0 saturated heterocycles. The van der Waals surface area contributed by atoms with Gasteiger partial charge in [0.15, 0.2) is 0 Å². The molecule has 0 atom stereocenters. The maximum absolute atomic E-state index is 12.2. The number of carbonyl (C=O) groups is 1. The summed E-state index contributed by atoms with van der Waals surface area (Å²) in [7, 11) is 3.80. The zero-order valence-corrected chi connectivity index (χ0v) is 15.3. The van der Waals surface area contributed by atoms with E-state index >= 15 is 0 Å². The van der Waals surface area contributed by atoms with Gasteiger partial charge in [-0.3, -0.25) is 9.59 Å². The Balaban J connectivity index is 1.66. The van der Waals surface area contributed by atoms with E-state index in [0.717, 1.165) is 5.69 Å². The molecule has 3 rings (SSSR count).